The third-order valence-electron chi connectivity index (χ3n) is 8.15. The molecule has 2 heterocycles. The Morgan fingerprint density at radius 1 is 0.439 bits per heavy atom. The lowest BCUT2D eigenvalue weighted by Gasteiger charge is -2.10. The molecule has 2 aromatic heterocycles. The number of benzene rings is 6. The first-order valence-electron chi connectivity index (χ1n) is 13.8. The molecular weight excluding hydrogens is 503 g/mol. The van der Waals surface area contributed by atoms with Gasteiger partial charge in [-0.2, -0.15) is 0 Å². The monoisotopic (exact) mass is 528 g/mol. The second kappa shape index (κ2) is 9.24. The molecule has 6 aromatic carbocycles. The highest BCUT2D eigenvalue weighted by Crippen LogP contribution is 2.40. The summed E-state index contributed by atoms with van der Waals surface area (Å²) in [6.07, 6.45) is 0. The fraction of sp³-hybridized carbons (Fsp3) is 0. The summed E-state index contributed by atoms with van der Waals surface area (Å²) in [5.74, 6) is 0. The Labute approximate surface area is 237 Å². The largest absolute Gasteiger partial charge is 0.488 e. The Hall–Kier alpha value is -5.10. The first-order valence-corrected chi connectivity index (χ1v) is 13.8. The van der Waals surface area contributed by atoms with Gasteiger partial charge in [-0.3, -0.25) is 0 Å². The minimum Gasteiger partial charge on any atom is -0.423 e. The zero-order valence-electron chi connectivity index (χ0n) is 22.1. The number of fused-ring (bicyclic) bond motifs is 6. The number of para-hydroxylation sites is 3. The minimum atomic E-state index is -1.49. The molecule has 0 saturated carbocycles. The van der Waals surface area contributed by atoms with Crippen LogP contribution in [0.3, 0.4) is 0 Å². The van der Waals surface area contributed by atoms with Gasteiger partial charge < -0.3 is 19.2 Å². The average Bonchev–Trinajstić information content (AvgIpc) is 3.54. The summed E-state index contributed by atoms with van der Waals surface area (Å²) >= 11 is 0. The molecule has 8 aromatic rings. The first-order chi connectivity index (χ1) is 20.2. The average molecular weight is 528 g/mol. The highest BCUT2D eigenvalue weighted by Gasteiger charge is 2.18. The maximum Gasteiger partial charge on any atom is 0.488 e. The molecule has 0 bridgehead atoms. The van der Waals surface area contributed by atoms with Crippen LogP contribution in [-0.2, 0) is 0 Å². The van der Waals surface area contributed by atoms with Crippen LogP contribution in [0.1, 0.15) is 0 Å². The Bertz CT molecular complexity index is 2230. The molecule has 0 unspecified atom stereocenters. The quantitative estimate of drug-likeness (QED) is 0.237. The van der Waals surface area contributed by atoms with Crippen LogP contribution in [0.4, 0.5) is 0 Å². The van der Waals surface area contributed by atoms with Gasteiger partial charge >= 0.3 is 7.12 Å². The van der Waals surface area contributed by atoms with Crippen LogP contribution in [-0.4, -0.2) is 26.3 Å². The lowest BCUT2D eigenvalue weighted by molar-refractivity contribution is 0.426. The second-order valence-corrected chi connectivity index (χ2v) is 10.4. The van der Waals surface area contributed by atoms with Gasteiger partial charge in [0.2, 0.25) is 0 Å². The van der Waals surface area contributed by atoms with Gasteiger partial charge in [0.05, 0.1) is 22.1 Å². The maximum atomic E-state index is 9.58. The van der Waals surface area contributed by atoms with E-state index in [0.29, 0.717) is 5.46 Å². The van der Waals surface area contributed by atoms with Crippen molar-refractivity contribution >= 4 is 56.2 Å². The molecule has 0 fully saturated rings. The van der Waals surface area contributed by atoms with E-state index < -0.39 is 7.12 Å². The van der Waals surface area contributed by atoms with E-state index in [9.17, 15) is 10.0 Å². The van der Waals surface area contributed by atoms with Crippen LogP contribution in [0.2, 0.25) is 0 Å². The summed E-state index contributed by atoms with van der Waals surface area (Å²) in [7, 11) is -1.49. The standard InChI is InChI=1S/C36H25BN2O2/c40-37(41)25-18-20-27(21-19-25)38-32-14-6-4-11-29(32)31-23-24(17-22-34(31)38)28-13-8-16-35-36(28)30-12-5-7-15-33(30)39(35)26-9-2-1-3-10-26/h1-23,40-41H. The normalized spacial score (nSPS) is 11.7. The van der Waals surface area contributed by atoms with Crippen molar-refractivity contribution in [1.82, 2.24) is 9.13 Å². The highest BCUT2D eigenvalue weighted by molar-refractivity contribution is 6.58. The van der Waals surface area contributed by atoms with E-state index in [1.54, 1.807) is 12.1 Å². The van der Waals surface area contributed by atoms with Crippen molar-refractivity contribution < 1.29 is 10.0 Å². The van der Waals surface area contributed by atoms with Crippen molar-refractivity contribution in [3.63, 3.8) is 0 Å². The number of hydrogen-bond donors (Lipinski definition) is 2. The molecule has 8 rings (SSSR count). The van der Waals surface area contributed by atoms with E-state index in [0.717, 1.165) is 22.4 Å². The van der Waals surface area contributed by atoms with Gasteiger partial charge in [0.25, 0.3) is 0 Å². The summed E-state index contributed by atoms with van der Waals surface area (Å²) in [6.45, 7) is 0. The molecular formula is C36H25BN2O2. The topological polar surface area (TPSA) is 50.3 Å². The van der Waals surface area contributed by atoms with E-state index in [4.69, 9.17) is 0 Å². The van der Waals surface area contributed by atoms with Crippen LogP contribution in [0.15, 0.2) is 140 Å². The molecule has 0 radical (unpaired) electrons. The summed E-state index contributed by atoms with van der Waals surface area (Å²) in [5, 5.41) is 24.0. The molecule has 2 N–H and O–H groups in total. The lowest BCUT2D eigenvalue weighted by atomic mass is 9.80. The molecule has 5 heteroatoms. The van der Waals surface area contributed by atoms with E-state index in [-0.39, 0.29) is 0 Å². The van der Waals surface area contributed by atoms with Crippen molar-refractivity contribution in [3.05, 3.63) is 140 Å². The molecule has 0 aliphatic heterocycles. The molecule has 0 aliphatic rings. The molecule has 0 atom stereocenters. The van der Waals surface area contributed by atoms with Crippen molar-refractivity contribution in [1.29, 1.82) is 0 Å². The van der Waals surface area contributed by atoms with Crippen molar-refractivity contribution in [3.8, 4) is 22.5 Å². The van der Waals surface area contributed by atoms with Crippen LogP contribution in [0, 0.1) is 0 Å². The van der Waals surface area contributed by atoms with Gasteiger partial charge in [0.15, 0.2) is 0 Å². The lowest BCUT2D eigenvalue weighted by Crippen LogP contribution is -2.29. The molecule has 4 nitrogen and oxygen atoms in total. The zero-order chi connectivity index (χ0) is 27.5. The van der Waals surface area contributed by atoms with Gasteiger partial charge in [-0.15, -0.1) is 0 Å². The molecule has 41 heavy (non-hydrogen) atoms. The van der Waals surface area contributed by atoms with Gasteiger partial charge in [0.1, 0.15) is 0 Å². The summed E-state index contributed by atoms with van der Waals surface area (Å²) < 4.78 is 4.59. The Balaban J connectivity index is 1.39. The van der Waals surface area contributed by atoms with Crippen LogP contribution >= 0.6 is 0 Å². The SMILES string of the molecule is OB(O)c1ccc(-n2c3ccccc3c3cc(-c4cccc5c4c4ccccc4n5-c4ccccc4)ccc32)cc1. The fourth-order valence-corrected chi connectivity index (χ4v) is 6.33. The van der Waals surface area contributed by atoms with Crippen LogP contribution in [0.25, 0.3) is 66.1 Å². The number of aromatic nitrogens is 2. The molecule has 194 valence electrons. The predicted molar refractivity (Wildman–Crippen MR) is 170 cm³/mol. The van der Waals surface area contributed by atoms with E-state index in [2.05, 4.69) is 124 Å². The fourth-order valence-electron chi connectivity index (χ4n) is 6.33. The summed E-state index contributed by atoms with van der Waals surface area (Å²) in [4.78, 5) is 0. The van der Waals surface area contributed by atoms with Crippen LogP contribution in [0.5, 0.6) is 0 Å². The second-order valence-electron chi connectivity index (χ2n) is 10.4. The Kier molecular flexibility index (Phi) is 5.35. The number of nitrogens with zero attached hydrogens (tertiary/aromatic N) is 2. The molecule has 0 aliphatic carbocycles. The van der Waals surface area contributed by atoms with E-state index in [1.807, 2.05) is 12.1 Å². The molecule has 0 amide bonds. The zero-order valence-corrected chi connectivity index (χ0v) is 22.1. The highest BCUT2D eigenvalue weighted by atomic mass is 16.4. The van der Waals surface area contributed by atoms with E-state index >= 15 is 0 Å². The first kappa shape index (κ1) is 23.8. The van der Waals surface area contributed by atoms with Crippen molar-refractivity contribution in [2.24, 2.45) is 0 Å². The molecule has 0 saturated heterocycles. The number of rotatable bonds is 4. The van der Waals surface area contributed by atoms with Gasteiger partial charge in [-0.1, -0.05) is 84.9 Å². The molecule has 0 spiro atoms. The summed E-state index contributed by atoms with van der Waals surface area (Å²) in [6, 6.07) is 48.4. The number of hydrogen-bond acceptors (Lipinski definition) is 2. The third kappa shape index (κ3) is 3.64. The minimum absolute atomic E-state index is 0.472. The Morgan fingerprint density at radius 2 is 1.02 bits per heavy atom. The van der Waals surface area contributed by atoms with Gasteiger partial charge in [-0.25, -0.2) is 0 Å². The smallest absolute Gasteiger partial charge is 0.423 e. The van der Waals surface area contributed by atoms with Gasteiger partial charge in [-0.05, 0) is 71.2 Å². The van der Waals surface area contributed by atoms with Crippen LogP contribution < -0.4 is 5.46 Å². The van der Waals surface area contributed by atoms with Crippen molar-refractivity contribution in [2.45, 2.75) is 0 Å². The third-order valence-corrected chi connectivity index (χ3v) is 8.15. The Morgan fingerprint density at radius 3 is 1.78 bits per heavy atom. The van der Waals surface area contributed by atoms with Crippen molar-refractivity contribution in [2.75, 3.05) is 0 Å². The predicted octanol–water partition coefficient (Wildman–Crippen LogP) is 7.23. The van der Waals surface area contributed by atoms with Gasteiger partial charge in [0, 0.05) is 32.9 Å². The maximum absolute atomic E-state index is 9.58. The van der Waals surface area contributed by atoms with E-state index in [1.165, 1.54) is 43.7 Å². The summed E-state index contributed by atoms with van der Waals surface area (Å²) in [5.41, 5.74) is 9.55.